The van der Waals surface area contributed by atoms with Gasteiger partial charge in [0, 0.05) is 11.1 Å². The molecule has 0 radical (unpaired) electrons. The lowest BCUT2D eigenvalue weighted by Crippen LogP contribution is -2.20. The summed E-state index contributed by atoms with van der Waals surface area (Å²) in [6.45, 7) is -2.66. The Labute approximate surface area is 191 Å². The monoisotopic (exact) mass is 578 g/mol. The van der Waals surface area contributed by atoms with Crippen molar-refractivity contribution >= 4 is 31.9 Å². The average Bonchev–Trinajstić information content (AvgIpc) is 2.70. The molecule has 0 aliphatic heterocycles. The van der Waals surface area contributed by atoms with E-state index in [1.54, 1.807) is 36.4 Å². The molecule has 0 amide bonds. The number of hydrogen-bond acceptors (Lipinski definition) is 3. The van der Waals surface area contributed by atoms with E-state index in [9.17, 15) is 26.3 Å². The summed E-state index contributed by atoms with van der Waals surface area (Å²) in [5, 5.41) is 0. The zero-order valence-corrected chi connectivity index (χ0v) is 19.0. The molecule has 2 aromatic carbocycles. The molecule has 0 bridgehead atoms. The predicted molar refractivity (Wildman–Crippen MR) is 110 cm³/mol. The highest BCUT2D eigenvalue weighted by molar-refractivity contribution is 9.09. The molecular weight excluding hydrogens is 562 g/mol. The minimum atomic E-state index is -4.46. The standard InChI is InChI=1S/C20H18Br2F6O3/c21-15(13-5-1-3-7-17(13)30-11-19(23,24)25)9-29-10-16(22)14-6-2-4-8-18(14)31-12-20(26,27)28/h1-8,15-16H,9-12H2. The highest BCUT2D eigenvalue weighted by Gasteiger charge is 2.30. The number of alkyl halides is 8. The van der Waals surface area contributed by atoms with Crippen LogP contribution >= 0.6 is 31.9 Å². The summed E-state index contributed by atoms with van der Waals surface area (Å²) in [6.07, 6.45) is -8.92. The molecule has 0 saturated heterocycles. The third-order valence-electron chi connectivity index (χ3n) is 3.82. The van der Waals surface area contributed by atoms with Crippen LogP contribution in [0.3, 0.4) is 0 Å². The molecule has 0 spiro atoms. The third kappa shape index (κ3) is 9.28. The summed E-state index contributed by atoms with van der Waals surface area (Å²) < 4.78 is 90.0. The molecule has 0 saturated carbocycles. The maximum atomic E-state index is 12.4. The van der Waals surface area contributed by atoms with Crippen LogP contribution in [0.2, 0.25) is 0 Å². The Hall–Kier alpha value is -1.46. The van der Waals surface area contributed by atoms with Crippen LogP contribution in [0.25, 0.3) is 0 Å². The van der Waals surface area contributed by atoms with Gasteiger partial charge in [-0.3, -0.25) is 0 Å². The third-order valence-corrected chi connectivity index (χ3v) is 5.34. The lowest BCUT2D eigenvalue weighted by atomic mass is 10.1. The number of rotatable bonds is 10. The Morgan fingerprint density at radius 2 is 1.00 bits per heavy atom. The van der Waals surface area contributed by atoms with Gasteiger partial charge in [0.2, 0.25) is 0 Å². The Morgan fingerprint density at radius 3 is 1.35 bits per heavy atom. The van der Waals surface area contributed by atoms with Crippen LogP contribution in [0.4, 0.5) is 26.3 Å². The van der Waals surface area contributed by atoms with Crippen LogP contribution in [0.1, 0.15) is 20.8 Å². The SMILES string of the molecule is FC(F)(F)COc1ccccc1C(Br)COCC(Br)c1ccccc1OCC(F)(F)F. The molecule has 11 heteroatoms. The Morgan fingerprint density at radius 1 is 0.645 bits per heavy atom. The first-order valence-electron chi connectivity index (χ1n) is 8.89. The topological polar surface area (TPSA) is 27.7 Å². The van der Waals surface area contributed by atoms with Crippen molar-refractivity contribution in [2.75, 3.05) is 26.4 Å². The van der Waals surface area contributed by atoms with Gasteiger partial charge in [-0.25, -0.2) is 0 Å². The molecule has 0 aliphatic carbocycles. The fraction of sp³-hybridized carbons (Fsp3) is 0.400. The van der Waals surface area contributed by atoms with Gasteiger partial charge in [-0.05, 0) is 12.1 Å². The molecule has 0 aromatic heterocycles. The first-order chi connectivity index (χ1) is 14.5. The van der Waals surface area contributed by atoms with Crippen molar-refractivity contribution in [1.29, 1.82) is 0 Å². The highest BCUT2D eigenvalue weighted by atomic mass is 79.9. The normalized spacial score (nSPS) is 14.2. The summed E-state index contributed by atoms with van der Waals surface area (Å²) >= 11 is 6.75. The van der Waals surface area contributed by atoms with E-state index in [0.29, 0.717) is 11.1 Å². The van der Waals surface area contributed by atoms with Crippen molar-refractivity contribution in [1.82, 2.24) is 0 Å². The van der Waals surface area contributed by atoms with E-state index in [0.717, 1.165) is 0 Å². The molecular formula is C20H18Br2F6O3. The molecule has 31 heavy (non-hydrogen) atoms. The van der Waals surface area contributed by atoms with E-state index in [2.05, 4.69) is 31.9 Å². The predicted octanol–water partition coefficient (Wildman–Crippen LogP) is 7.16. The van der Waals surface area contributed by atoms with Crippen LogP contribution < -0.4 is 9.47 Å². The highest BCUT2D eigenvalue weighted by Crippen LogP contribution is 2.35. The fourth-order valence-electron chi connectivity index (χ4n) is 2.52. The van der Waals surface area contributed by atoms with Gasteiger partial charge in [0.25, 0.3) is 0 Å². The molecule has 2 rings (SSSR count). The van der Waals surface area contributed by atoms with Gasteiger partial charge in [0.05, 0.1) is 22.9 Å². The summed E-state index contributed by atoms with van der Waals surface area (Å²) in [6, 6.07) is 12.5. The minimum absolute atomic E-state index is 0.0755. The van der Waals surface area contributed by atoms with Crippen LogP contribution in [-0.2, 0) is 4.74 Å². The number of halogens is 8. The molecule has 2 unspecified atom stereocenters. The van der Waals surface area contributed by atoms with Crippen LogP contribution in [0, 0.1) is 0 Å². The van der Waals surface area contributed by atoms with Gasteiger partial charge < -0.3 is 14.2 Å². The van der Waals surface area contributed by atoms with E-state index >= 15 is 0 Å². The molecule has 0 heterocycles. The van der Waals surface area contributed by atoms with Crippen LogP contribution in [-0.4, -0.2) is 38.8 Å². The molecule has 3 nitrogen and oxygen atoms in total. The first kappa shape index (κ1) is 25.8. The Balaban J connectivity index is 1.94. The Bertz CT molecular complexity index is 762. The van der Waals surface area contributed by atoms with Crippen molar-refractivity contribution < 1.29 is 40.6 Å². The van der Waals surface area contributed by atoms with E-state index in [4.69, 9.17) is 14.2 Å². The zero-order chi connectivity index (χ0) is 23.1. The van der Waals surface area contributed by atoms with Gasteiger partial charge in [-0.15, -0.1) is 0 Å². The van der Waals surface area contributed by atoms with Crippen molar-refractivity contribution in [3.63, 3.8) is 0 Å². The maximum absolute atomic E-state index is 12.4. The quantitative estimate of drug-likeness (QED) is 0.221. The van der Waals surface area contributed by atoms with Gasteiger partial charge in [0.15, 0.2) is 13.2 Å². The Kier molecular flexibility index (Phi) is 9.50. The van der Waals surface area contributed by atoms with E-state index in [1.165, 1.54) is 12.1 Å². The summed E-state index contributed by atoms with van der Waals surface area (Å²) in [4.78, 5) is -0.929. The number of benzene rings is 2. The number of para-hydroxylation sites is 2. The van der Waals surface area contributed by atoms with Crippen molar-refractivity contribution in [2.24, 2.45) is 0 Å². The largest absolute Gasteiger partial charge is 0.484 e. The second kappa shape index (κ2) is 11.4. The van der Waals surface area contributed by atoms with E-state index < -0.39 is 35.2 Å². The van der Waals surface area contributed by atoms with Gasteiger partial charge >= 0.3 is 12.4 Å². The summed E-state index contributed by atoms with van der Waals surface area (Å²) in [5.74, 6) is 0.151. The lowest BCUT2D eigenvalue weighted by Gasteiger charge is -2.19. The molecule has 172 valence electrons. The molecule has 2 atom stereocenters. The van der Waals surface area contributed by atoms with Gasteiger partial charge in [-0.2, -0.15) is 26.3 Å². The van der Waals surface area contributed by atoms with E-state index in [1.807, 2.05) is 0 Å². The van der Waals surface area contributed by atoms with Crippen molar-refractivity contribution in [2.45, 2.75) is 22.0 Å². The first-order valence-corrected chi connectivity index (χ1v) is 10.7. The summed E-state index contributed by atoms with van der Waals surface area (Å²) in [7, 11) is 0. The zero-order valence-electron chi connectivity index (χ0n) is 15.9. The van der Waals surface area contributed by atoms with Gasteiger partial charge in [0.1, 0.15) is 11.5 Å². The number of ether oxygens (including phenoxy) is 3. The fourth-order valence-corrected chi connectivity index (χ4v) is 3.65. The van der Waals surface area contributed by atoms with Crippen LogP contribution in [0.5, 0.6) is 11.5 Å². The van der Waals surface area contributed by atoms with Crippen molar-refractivity contribution in [3.05, 3.63) is 59.7 Å². The maximum Gasteiger partial charge on any atom is 0.422 e. The van der Waals surface area contributed by atoms with E-state index in [-0.39, 0.29) is 24.7 Å². The second-order valence-electron chi connectivity index (χ2n) is 6.36. The smallest absolute Gasteiger partial charge is 0.422 e. The molecule has 0 fully saturated rings. The van der Waals surface area contributed by atoms with Crippen molar-refractivity contribution in [3.8, 4) is 11.5 Å². The summed E-state index contributed by atoms with van der Waals surface area (Å²) in [5.41, 5.74) is 0.957. The molecule has 2 aromatic rings. The second-order valence-corrected chi connectivity index (χ2v) is 8.57. The molecule has 0 aliphatic rings. The lowest BCUT2D eigenvalue weighted by molar-refractivity contribution is -0.154. The average molecular weight is 580 g/mol. The number of hydrogen-bond donors (Lipinski definition) is 0. The molecule has 0 N–H and O–H groups in total. The van der Waals surface area contributed by atoms with Gasteiger partial charge in [-0.1, -0.05) is 68.3 Å². The van der Waals surface area contributed by atoms with Crippen LogP contribution in [0.15, 0.2) is 48.5 Å². The minimum Gasteiger partial charge on any atom is -0.484 e.